The Bertz CT molecular complexity index is 913. The highest BCUT2D eigenvalue weighted by atomic mass is 16.5. The van der Waals surface area contributed by atoms with Gasteiger partial charge in [-0.15, -0.1) is 0 Å². The topological polar surface area (TPSA) is 85.2 Å². The van der Waals surface area contributed by atoms with Crippen LogP contribution in [-0.4, -0.2) is 36.7 Å². The lowest BCUT2D eigenvalue weighted by molar-refractivity contribution is 0.0989. The van der Waals surface area contributed by atoms with Crippen molar-refractivity contribution in [1.82, 2.24) is 0 Å². The van der Waals surface area contributed by atoms with Gasteiger partial charge in [0.25, 0.3) is 0 Å². The lowest BCUT2D eigenvalue weighted by Crippen LogP contribution is -2.18. The van der Waals surface area contributed by atoms with E-state index in [1.807, 2.05) is 6.07 Å². The number of oxime groups is 1. The average Bonchev–Trinajstić information content (AvgIpc) is 2.65. The van der Waals surface area contributed by atoms with Crippen LogP contribution >= 0.6 is 0 Å². The highest BCUT2D eigenvalue weighted by Crippen LogP contribution is 2.38. The van der Waals surface area contributed by atoms with E-state index in [1.54, 1.807) is 24.3 Å². The Morgan fingerprint density at radius 2 is 1.60 bits per heavy atom. The van der Waals surface area contributed by atoms with Gasteiger partial charge < -0.3 is 14.7 Å². The molecule has 126 valence electrons. The van der Waals surface area contributed by atoms with E-state index in [-0.39, 0.29) is 39.9 Å². The summed E-state index contributed by atoms with van der Waals surface area (Å²) in [6.45, 7) is 0. The first-order chi connectivity index (χ1) is 12.1. The van der Waals surface area contributed by atoms with Crippen LogP contribution < -0.4 is 9.47 Å². The normalized spacial score (nSPS) is 13.6. The van der Waals surface area contributed by atoms with Crippen LogP contribution in [0.15, 0.2) is 53.7 Å². The SMILES string of the molecule is COc1cc(/C(=N/O)c2ccccc2)c(OC)c2c1C(=O)C=CC2=O. The maximum atomic E-state index is 12.4. The van der Waals surface area contributed by atoms with Crippen LogP contribution in [0.3, 0.4) is 0 Å². The fraction of sp³-hybridized carbons (Fsp3) is 0.105. The number of carbonyl (C=O) groups is 2. The number of carbonyl (C=O) groups excluding carboxylic acids is 2. The van der Waals surface area contributed by atoms with Crippen molar-refractivity contribution in [3.63, 3.8) is 0 Å². The molecule has 0 fully saturated rings. The molecule has 1 aliphatic rings. The van der Waals surface area contributed by atoms with Crippen molar-refractivity contribution in [2.24, 2.45) is 5.16 Å². The summed E-state index contributed by atoms with van der Waals surface area (Å²) in [5.41, 5.74) is 1.41. The van der Waals surface area contributed by atoms with Crippen molar-refractivity contribution in [3.05, 3.63) is 70.8 Å². The Labute approximate surface area is 144 Å². The molecule has 6 heteroatoms. The summed E-state index contributed by atoms with van der Waals surface area (Å²) in [6, 6.07) is 10.5. The molecule has 6 nitrogen and oxygen atoms in total. The second kappa shape index (κ2) is 6.60. The van der Waals surface area contributed by atoms with Gasteiger partial charge in [-0.05, 0) is 18.2 Å². The maximum absolute atomic E-state index is 12.4. The zero-order chi connectivity index (χ0) is 18.0. The van der Waals surface area contributed by atoms with E-state index in [0.717, 1.165) is 0 Å². The minimum atomic E-state index is -0.378. The van der Waals surface area contributed by atoms with Gasteiger partial charge >= 0.3 is 0 Å². The molecule has 0 unspecified atom stereocenters. The van der Waals surface area contributed by atoms with E-state index in [4.69, 9.17) is 9.47 Å². The number of ketones is 2. The summed E-state index contributed by atoms with van der Waals surface area (Å²) >= 11 is 0. The summed E-state index contributed by atoms with van der Waals surface area (Å²) in [7, 11) is 2.79. The van der Waals surface area contributed by atoms with Crippen LogP contribution in [0, 0.1) is 0 Å². The second-order valence-corrected chi connectivity index (χ2v) is 5.29. The lowest BCUT2D eigenvalue weighted by atomic mass is 9.88. The van der Waals surface area contributed by atoms with Crippen LogP contribution in [0.1, 0.15) is 31.8 Å². The molecule has 0 atom stereocenters. The molecule has 0 saturated carbocycles. The zero-order valence-corrected chi connectivity index (χ0v) is 13.6. The third-order valence-electron chi connectivity index (χ3n) is 3.95. The van der Waals surface area contributed by atoms with Crippen molar-refractivity contribution in [1.29, 1.82) is 0 Å². The first-order valence-electron chi connectivity index (χ1n) is 7.46. The maximum Gasteiger partial charge on any atom is 0.190 e. The lowest BCUT2D eigenvalue weighted by Gasteiger charge is -2.20. The number of fused-ring (bicyclic) bond motifs is 1. The molecule has 25 heavy (non-hydrogen) atoms. The number of allylic oxidation sites excluding steroid dienone is 2. The van der Waals surface area contributed by atoms with Crippen molar-refractivity contribution in [3.8, 4) is 11.5 Å². The molecule has 0 heterocycles. The van der Waals surface area contributed by atoms with E-state index < -0.39 is 0 Å². The molecule has 0 radical (unpaired) electrons. The number of methoxy groups -OCH3 is 2. The molecule has 0 aliphatic heterocycles. The fourth-order valence-corrected chi connectivity index (χ4v) is 2.85. The van der Waals surface area contributed by atoms with Crippen molar-refractivity contribution >= 4 is 17.3 Å². The summed E-state index contributed by atoms with van der Waals surface area (Å²) in [6.07, 6.45) is 2.39. The van der Waals surface area contributed by atoms with Gasteiger partial charge in [-0.25, -0.2) is 0 Å². The summed E-state index contributed by atoms with van der Waals surface area (Å²) < 4.78 is 10.7. The Kier molecular flexibility index (Phi) is 4.35. The number of rotatable bonds is 4. The fourth-order valence-electron chi connectivity index (χ4n) is 2.85. The predicted molar refractivity (Wildman–Crippen MR) is 91.2 cm³/mol. The highest BCUT2D eigenvalue weighted by molar-refractivity contribution is 6.26. The Balaban J connectivity index is 2.34. The van der Waals surface area contributed by atoms with E-state index >= 15 is 0 Å². The van der Waals surface area contributed by atoms with Crippen molar-refractivity contribution in [2.75, 3.05) is 14.2 Å². The molecule has 1 N–H and O–H groups in total. The standard InChI is InChI=1S/C19H15NO5/c1-24-15-10-12(18(20-23)11-6-4-3-5-7-11)19(25-2)17-14(22)9-8-13(21)16(15)17/h3-10,23H,1-2H3/b20-18+. The number of hydrogen-bond acceptors (Lipinski definition) is 6. The largest absolute Gasteiger partial charge is 0.496 e. The van der Waals surface area contributed by atoms with Crippen LogP contribution in [0.4, 0.5) is 0 Å². The van der Waals surface area contributed by atoms with Crippen LogP contribution in [0.25, 0.3) is 0 Å². The smallest absolute Gasteiger partial charge is 0.190 e. The molecule has 2 aromatic rings. The van der Waals surface area contributed by atoms with E-state index in [1.165, 1.54) is 32.4 Å². The third kappa shape index (κ3) is 2.67. The Hall–Kier alpha value is -3.41. The molecule has 1 aliphatic carbocycles. The number of nitrogens with zero attached hydrogens (tertiary/aromatic N) is 1. The van der Waals surface area contributed by atoms with Crippen LogP contribution in [-0.2, 0) is 0 Å². The van der Waals surface area contributed by atoms with Gasteiger partial charge in [0.05, 0.1) is 30.9 Å². The third-order valence-corrected chi connectivity index (χ3v) is 3.95. The highest BCUT2D eigenvalue weighted by Gasteiger charge is 2.31. The van der Waals surface area contributed by atoms with E-state index in [0.29, 0.717) is 11.1 Å². The molecule has 0 aromatic heterocycles. The molecule has 0 saturated heterocycles. The van der Waals surface area contributed by atoms with Crippen molar-refractivity contribution < 1.29 is 24.3 Å². The second-order valence-electron chi connectivity index (χ2n) is 5.29. The molecular weight excluding hydrogens is 322 g/mol. The number of ether oxygens (including phenoxy) is 2. The van der Waals surface area contributed by atoms with Crippen LogP contribution in [0.2, 0.25) is 0 Å². The molecular formula is C19H15NO5. The van der Waals surface area contributed by atoms with Gasteiger partial charge in [0.1, 0.15) is 17.2 Å². The van der Waals surface area contributed by atoms with Gasteiger partial charge in [-0.3, -0.25) is 9.59 Å². The molecule has 0 bridgehead atoms. The van der Waals surface area contributed by atoms with Crippen LogP contribution in [0.5, 0.6) is 11.5 Å². The molecule has 0 amide bonds. The van der Waals surface area contributed by atoms with Gasteiger partial charge in [0.2, 0.25) is 0 Å². The molecule has 3 rings (SSSR count). The Morgan fingerprint density at radius 3 is 2.16 bits per heavy atom. The minimum Gasteiger partial charge on any atom is -0.496 e. The van der Waals surface area contributed by atoms with Gasteiger partial charge in [-0.1, -0.05) is 35.5 Å². The molecule has 2 aromatic carbocycles. The molecule has 0 spiro atoms. The summed E-state index contributed by atoms with van der Waals surface area (Å²) in [4.78, 5) is 24.6. The quantitative estimate of drug-likeness (QED) is 0.527. The first kappa shape index (κ1) is 16.4. The van der Waals surface area contributed by atoms with Gasteiger partial charge in [0, 0.05) is 5.56 Å². The van der Waals surface area contributed by atoms with Gasteiger partial charge in [0.15, 0.2) is 11.6 Å². The minimum absolute atomic E-state index is 0.0985. The average molecular weight is 337 g/mol. The number of hydrogen-bond donors (Lipinski definition) is 1. The number of benzene rings is 2. The van der Waals surface area contributed by atoms with E-state index in [2.05, 4.69) is 5.16 Å². The Morgan fingerprint density at radius 1 is 0.960 bits per heavy atom. The van der Waals surface area contributed by atoms with Crippen molar-refractivity contribution in [2.45, 2.75) is 0 Å². The predicted octanol–water partition coefficient (Wildman–Crippen LogP) is 2.87. The van der Waals surface area contributed by atoms with E-state index in [9.17, 15) is 14.8 Å². The van der Waals surface area contributed by atoms with Gasteiger partial charge in [-0.2, -0.15) is 0 Å². The first-order valence-corrected chi connectivity index (χ1v) is 7.46. The zero-order valence-electron chi connectivity index (χ0n) is 13.6. The monoisotopic (exact) mass is 337 g/mol. The summed E-state index contributed by atoms with van der Waals surface area (Å²) in [5, 5.41) is 12.9. The summed E-state index contributed by atoms with van der Waals surface area (Å²) in [5.74, 6) is -0.351.